The summed E-state index contributed by atoms with van der Waals surface area (Å²) < 4.78 is 8.55. The first-order valence-electron chi connectivity index (χ1n) is 0.730. The van der Waals surface area contributed by atoms with Crippen molar-refractivity contribution in [2.24, 2.45) is 0 Å². The molecule has 0 bridgehead atoms. The van der Waals surface area contributed by atoms with Crippen molar-refractivity contribution in [1.29, 1.82) is 0 Å². The Morgan fingerprint density at radius 1 is 1.12 bits per heavy atom. The summed E-state index contributed by atoms with van der Waals surface area (Å²) in [6.45, 7) is 0. The van der Waals surface area contributed by atoms with Crippen LogP contribution in [0.25, 0.3) is 0 Å². The summed E-state index contributed by atoms with van der Waals surface area (Å²) in [5.74, 6) is 0. The molecule has 0 radical (unpaired) electrons. The van der Waals surface area contributed by atoms with Gasteiger partial charge >= 0.3 is 73.7 Å². The number of rotatable bonds is 0. The van der Waals surface area contributed by atoms with E-state index < -0.39 is 7.82 Å². The van der Waals surface area contributed by atoms with Crippen LogP contribution < -0.4 is 33.5 Å². The average molecular weight is 198 g/mol. The van der Waals surface area contributed by atoms with Crippen molar-refractivity contribution in [2.75, 3.05) is 0 Å². The Labute approximate surface area is 99.3 Å². The van der Waals surface area contributed by atoms with Crippen LogP contribution in [0.5, 0.6) is 0 Å². The molecule has 0 N–H and O–H groups in total. The molecule has 0 amide bonds. The van der Waals surface area contributed by atoms with Gasteiger partial charge in [0, 0.05) is 0 Å². The normalized spacial score (nSPS) is 7.38. The first-order valence-corrected chi connectivity index (χ1v) is 2.19. The van der Waals surface area contributed by atoms with Gasteiger partial charge in [0.1, 0.15) is 0 Å². The molecule has 0 heterocycles. The second-order valence-electron chi connectivity index (χ2n) is 0.447. The van der Waals surface area contributed by atoms with E-state index in [2.05, 4.69) is 0 Å². The van der Waals surface area contributed by atoms with Crippen LogP contribution in [0.3, 0.4) is 0 Å². The largest absolute Gasteiger partial charge is 2.00 e. The monoisotopic (exact) mass is 198 g/mol. The molecule has 0 atom stereocenters. The third kappa shape index (κ3) is 76.9. The van der Waals surface area contributed by atoms with Gasteiger partial charge in [-0.05, 0) is 0 Å². The topological polar surface area (TPSA) is 86.2 Å². The maximum Gasteiger partial charge on any atom is 2.00 e. The number of phosphoric acid groups is 1. The van der Waals surface area contributed by atoms with E-state index in [1.807, 2.05) is 0 Å². The van der Waals surface area contributed by atoms with E-state index in [1.165, 1.54) is 0 Å². The Hall–Kier alpha value is 2.49. The van der Waals surface area contributed by atoms with Crippen molar-refractivity contribution in [3.63, 3.8) is 0 Å². The predicted molar refractivity (Wildman–Crippen MR) is 13.4 cm³/mol. The second kappa shape index (κ2) is 9.49. The van der Waals surface area contributed by atoms with E-state index in [0.29, 0.717) is 0 Å². The Balaban J connectivity index is -0.0000000267. The molecule has 0 aromatic rings. The third-order valence-corrected chi connectivity index (χ3v) is 0. The Morgan fingerprint density at radius 3 is 1.12 bits per heavy atom. The zero-order valence-corrected chi connectivity index (χ0v) is 8.35. The van der Waals surface area contributed by atoms with E-state index in [1.54, 1.807) is 0 Å². The zero-order chi connectivity index (χ0) is 4.50. The van der Waals surface area contributed by atoms with Crippen molar-refractivity contribution < 1.29 is 55.2 Å². The SMILES string of the molecule is O=P([O-])([O-])[O-].[Ca+2].[Fe+2].[Li+]. The van der Waals surface area contributed by atoms with Gasteiger partial charge in [-0.25, -0.2) is 0 Å². The molecule has 0 aromatic heterocycles. The van der Waals surface area contributed by atoms with Crippen molar-refractivity contribution in [2.45, 2.75) is 0 Å². The average Bonchev–Trinajstić information content (AvgIpc) is 0.722. The minimum absolute atomic E-state index is 0. The fourth-order valence-electron chi connectivity index (χ4n) is 0. The van der Waals surface area contributed by atoms with E-state index >= 15 is 0 Å². The van der Waals surface area contributed by atoms with Crippen molar-refractivity contribution >= 4 is 45.6 Å². The first kappa shape index (κ1) is 22.4. The maximum atomic E-state index is 8.55. The van der Waals surface area contributed by atoms with Gasteiger partial charge in [-0.3, -0.25) is 0 Å². The molecule has 0 aromatic carbocycles. The Kier molecular flexibility index (Phi) is 26.6. The molecule has 38 valence electrons. The molecule has 0 aliphatic heterocycles. The number of hydrogen-bond acceptors (Lipinski definition) is 4. The Bertz CT molecular complexity index is 62.2. The molecule has 8 heavy (non-hydrogen) atoms. The summed E-state index contributed by atoms with van der Waals surface area (Å²) in [6.07, 6.45) is 0. The van der Waals surface area contributed by atoms with Crippen LogP contribution in [0.4, 0.5) is 0 Å². The zero-order valence-electron chi connectivity index (χ0n) is 4.14. The van der Waals surface area contributed by atoms with Gasteiger partial charge in [0.05, 0.1) is 0 Å². The Morgan fingerprint density at radius 2 is 1.12 bits per heavy atom. The molecule has 0 unspecified atom stereocenters. The molecule has 0 saturated carbocycles. The van der Waals surface area contributed by atoms with Gasteiger partial charge in [-0.1, -0.05) is 0 Å². The summed E-state index contributed by atoms with van der Waals surface area (Å²) in [6, 6.07) is 0. The summed E-state index contributed by atoms with van der Waals surface area (Å²) in [5.41, 5.74) is 0. The molecule has 0 aliphatic rings. The maximum absolute atomic E-state index is 8.55. The summed E-state index contributed by atoms with van der Waals surface area (Å²) in [5, 5.41) is 0. The molecule has 0 aliphatic carbocycles. The molecular formula is CaFeLiO4P+2. The van der Waals surface area contributed by atoms with Crippen LogP contribution >= 0.6 is 7.82 Å². The third-order valence-electron chi connectivity index (χ3n) is 0. The number of hydrogen-bond donors (Lipinski definition) is 0. The minimum atomic E-state index is -5.39. The van der Waals surface area contributed by atoms with Gasteiger partial charge in [0.2, 0.25) is 0 Å². The molecule has 4 nitrogen and oxygen atoms in total. The van der Waals surface area contributed by atoms with E-state index in [0.717, 1.165) is 0 Å². The van der Waals surface area contributed by atoms with Gasteiger partial charge in [0.15, 0.2) is 0 Å². The standard InChI is InChI=1S/Ca.Fe.Li.H3O4P/c;;;1-5(2,3)4/h;;;(H3,1,2,3,4)/q2*+2;+1;/p-3. The van der Waals surface area contributed by atoms with Crippen molar-refractivity contribution in [1.82, 2.24) is 0 Å². The molecular weight excluding hydrogens is 198 g/mol. The summed E-state index contributed by atoms with van der Waals surface area (Å²) in [4.78, 5) is 25.6. The smallest absolute Gasteiger partial charge is 0.822 e. The fourth-order valence-corrected chi connectivity index (χ4v) is 0. The quantitative estimate of drug-likeness (QED) is 0.286. The van der Waals surface area contributed by atoms with Crippen LogP contribution in [-0.2, 0) is 21.6 Å². The van der Waals surface area contributed by atoms with Gasteiger partial charge in [0.25, 0.3) is 0 Å². The summed E-state index contributed by atoms with van der Waals surface area (Å²) in [7, 11) is -5.39. The van der Waals surface area contributed by atoms with Crippen LogP contribution in [0, 0.1) is 0 Å². The summed E-state index contributed by atoms with van der Waals surface area (Å²) >= 11 is 0. The molecule has 0 rings (SSSR count). The van der Waals surface area contributed by atoms with Crippen LogP contribution in [0.1, 0.15) is 0 Å². The van der Waals surface area contributed by atoms with Gasteiger partial charge in [-0.15, -0.1) is 0 Å². The van der Waals surface area contributed by atoms with Crippen molar-refractivity contribution in [3.05, 3.63) is 0 Å². The van der Waals surface area contributed by atoms with Crippen molar-refractivity contribution in [3.8, 4) is 0 Å². The van der Waals surface area contributed by atoms with E-state index in [-0.39, 0.29) is 73.7 Å². The predicted octanol–water partition coefficient (Wildman–Crippen LogP) is -6.20. The molecule has 8 heteroatoms. The molecule has 0 spiro atoms. The van der Waals surface area contributed by atoms with Crippen LogP contribution in [0.15, 0.2) is 0 Å². The van der Waals surface area contributed by atoms with E-state index in [4.69, 9.17) is 19.2 Å². The van der Waals surface area contributed by atoms with Crippen LogP contribution in [0.2, 0.25) is 0 Å². The van der Waals surface area contributed by atoms with Gasteiger partial charge < -0.3 is 19.2 Å². The fraction of sp³-hybridized carbons (Fsp3) is 0. The molecule has 0 fully saturated rings. The molecule has 0 saturated heterocycles. The minimum Gasteiger partial charge on any atom is -0.822 e. The van der Waals surface area contributed by atoms with Gasteiger partial charge in [-0.2, -0.15) is 7.82 Å². The second-order valence-corrected chi connectivity index (χ2v) is 1.34. The van der Waals surface area contributed by atoms with E-state index in [9.17, 15) is 0 Å². The van der Waals surface area contributed by atoms with Crippen LogP contribution in [-0.4, -0.2) is 37.7 Å². The first-order chi connectivity index (χ1) is 2.00.